The molecule has 0 aromatic heterocycles. The Morgan fingerprint density at radius 1 is 1.18 bits per heavy atom. The molecule has 0 unspecified atom stereocenters. The second-order valence-electron chi connectivity index (χ2n) is 8.39. The van der Waals surface area contributed by atoms with Crippen LogP contribution in [0.1, 0.15) is 56.3 Å². The molecule has 0 bridgehead atoms. The van der Waals surface area contributed by atoms with Gasteiger partial charge in [0.15, 0.2) is 0 Å². The zero-order valence-electron chi connectivity index (χ0n) is 16.9. The molecule has 1 aliphatic heterocycles. The lowest BCUT2D eigenvalue weighted by molar-refractivity contribution is -0.101. The van der Waals surface area contributed by atoms with E-state index in [0.717, 1.165) is 11.1 Å². The van der Waals surface area contributed by atoms with Gasteiger partial charge in [-0.2, -0.15) is 0 Å². The molecule has 0 saturated carbocycles. The third-order valence-corrected chi connectivity index (χ3v) is 5.39. The van der Waals surface area contributed by atoms with E-state index in [1.54, 1.807) is 30.9 Å². The van der Waals surface area contributed by atoms with Crippen LogP contribution in [0.15, 0.2) is 48.5 Å². The molecular weight excluding hydrogens is 357 g/mol. The van der Waals surface area contributed by atoms with Crippen molar-refractivity contribution >= 4 is 6.09 Å². The molecule has 2 aromatic carbocycles. The molecule has 5 heteroatoms. The van der Waals surface area contributed by atoms with Crippen LogP contribution in [0.5, 0.6) is 0 Å². The first-order valence-corrected chi connectivity index (χ1v) is 9.64. The standard InChI is InChI=1S/C23H28FNO3/c1-16-5-7-18(8-6-16)17(2)25-14-13-23(28-21(25)26,15-22(3,4)27)19-9-11-20(24)12-10-19/h5-12,17,27H,13-15H2,1-4H3/t17-,23-/m0/s1. The van der Waals surface area contributed by atoms with E-state index in [1.165, 1.54) is 12.1 Å². The molecule has 28 heavy (non-hydrogen) atoms. The minimum Gasteiger partial charge on any atom is -0.438 e. The van der Waals surface area contributed by atoms with E-state index < -0.39 is 17.3 Å². The number of hydrogen-bond donors (Lipinski definition) is 1. The maximum atomic E-state index is 13.4. The van der Waals surface area contributed by atoms with Gasteiger partial charge in [0.2, 0.25) is 0 Å². The molecule has 1 amide bonds. The van der Waals surface area contributed by atoms with Gasteiger partial charge in [-0.15, -0.1) is 0 Å². The van der Waals surface area contributed by atoms with Crippen molar-refractivity contribution in [1.29, 1.82) is 0 Å². The number of rotatable bonds is 5. The molecule has 150 valence electrons. The Morgan fingerprint density at radius 2 is 1.79 bits per heavy atom. The highest BCUT2D eigenvalue weighted by atomic mass is 19.1. The number of carbonyl (C=O) groups is 1. The van der Waals surface area contributed by atoms with E-state index in [9.17, 15) is 14.3 Å². The highest BCUT2D eigenvalue weighted by molar-refractivity contribution is 5.70. The van der Waals surface area contributed by atoms with Crippen LogP contribution >= 0.6 is 0 Å². The first-order valence-electron chi connectivity index (χ1n) is 9.64. The summed E-state index contributed by atoms with van der Waals surface area (Å²) in [5.74, 6) is -0.348. The Bertz CT molecular complexity index is 826. The second-order valence-corrected chi connectivity index (χ2v) is 8.39. The fourth-order valence-corrected chi connectivity index (χ4v) is 3.93. The number of aliphatic hydroxyl groups is 1. The van der Waals surface area contributed by atoms with Gasteiger partial charge < -0.3 is 14.7 Å². The minimum atomic E-state index is -1.04. The van der Waals surface area contributed by atoms with E-state index in [0.29, 0.717) is 18.5 Å². The first-order chi connectivity index (χ1) is 13.1. The molecule has 1 heterocycles. The van der Waals surface area contributed by atoms with Crippen molar-refractivity contribution in [1.82, 2.24) is 4.90 Å². The molecular formula is C23H28FNO3. The van der Waals surface area contributed by atoms with Crippen molar-refractivity contribution in [2.45, 2.75) is 57.8 Å². The monoisotopic (exact) mass is 385 g/mol. The van der Waals surface area contributed by atoms with Crippen LogP contribution in [0, 0.1) is 12.7 Å². The predicted octanol–water partition coefficient (Wildman–Crippen LogP) is 5.09. The third-order valence-electron chi connectivity index (χ3n) is 5.39. The lowest BCUT2D eigenvalue weighted by Crippen LogP contribution is -2.51. The summed E-state index contributed by atoms with van der Waals surface area (Å²) in [7, 11) is 0. The average Bonchev–Trinajstić information content (AvgIpc) is 2.61. The van der Waals surface area contributed by atoms with E-state index in [2.05, 4.69) is 0 Å². The van der Waals surface area contributed by atoms with E-state index in [4.69, 9.17) is 4.74 Å². The number of hydrogen-bond acceptors (Lipinski definition) is 3. The Morgan fingerprint density at radius 3 is 2.32 bits per heavy atom. The number of benzene rings is 2. The molecule has 1 saturated heterocycles. The number of nitrogens with zero attached hydrogens (tertiary/aromatic N) is 1. The zero-order valence-corrected chi connectivity index (χ0v) is 16.9. The number of cyclic esters (lactones) is 1. The zero-order chi connectivity index (χ0) is 20.5. The predicted molar refractivity (Wildman–Crippen MR) is 106 cm³/mol. The molecule has 0 aliphatic carbocycles. The third kappa shape index (κ3) is 4.36. The number of amides is 1. The summed E-state index contributed by atoms with van der Waals surface area (Å²) in [4.78, 5) is 14.7. The fraction of sp³-hybridized carbons (Fsp3) is 0.435. The van der Waals surface area contributed by atoms with Gasteiger partial charge in [0.05, 0.1) is 11.6 Å². The average molecular weight is 385 g/mol. The number of aryl methyl sites for hydroxylation is 1. The summed E-state index contributed by atoms with van der Waals surface area (Å²) in [6, 6.07) is 13.9. The first kappa shape index (κ1) is 20.3. The Hall–Kier alpha value is -2.40. The highest BCUT2D eigenvalue weighted by Gasteiger charge is 2.46. The largest absolute Gasteiger partial charge is 0.438 e. The van der Waals surface area contributed by atoms with Crippen LogP contribution in [0.25, 0.3) is 0 Å². The Balaban J connectivity index is 1.87. The highest BCUT2D eigenvalue weighted by Crippen LogP contribution is 2.42. The van der Waals surface area contributed by atoms with Crippen LogP contribution in [-0.2, 0) is 10.3 Å². The maximum absolute atomic E-state index is 13.4. The lowest BCUT2D eigenvalue weighted by Gasteiger charge is -2.45. The van der Waals surface area contributed by atoms with Gasteiger partial charge in [-0.3, -0.25) is 0 Å². The summed E-state index contributed by atoms with van der Waals surface area (Å²) in [6.07, 6.45) is 0.335. The summed E-state index contributed by atoms with van der Waals surface area (Å²) < 4.78 is 19.4. The van der Waals surface area contributed by atoms with Crippen molar-refractivity contribution in [3.63, 3.8) is 0 Å². The fourth-order valence-electron chi connectivity index (χ4n) is 3.93. The normalized spacial score (nSPS) is 21.4. The van der Waals surface area contributed by atoms with Crippen molar-refractivity contribution in [2.24, 2.45) is 0 Å². The van der Waals surface area contributed by atoms with Crippen LogP contribution in [0.2, 0.25) is 0 Å². The van der Waals surface area contributed by atoms with Crippen LogP contribution in [0.3, 0.4) is 0 Å². The van der Waals surface area contributed by atoms with Crippen LogP contribution in [-0.4, -0.2) is 28.2 Å². The minimum absolute atomic E-state index is 0.124. The number of carbonyl (C=O) groups excluding carboxylic acids is 1. The van der Waals surface area contributed by atoms with Gasteiger partial charge >= 0.3 is 6.09 Å². The molecule has 1 aliphatic rings. The van der Waals surface area contributed by atoms with Crippen molar-refractivity contribution in [2.75, 3.05) is 6.54 Å². The van der Waals surface area contributed by atoms with E-state index in [-0.39, 0.29) is 18.3 Å². The van der Waals surface area contributed by atoms with Gasteiger partial charge in [0.25, 0.3) is 0 Å². The van der Waals surface area contributed by atoms with Crippen molar-refractivity contribution < 1.29 is 19.0 Å². The van der Waals surface area contributed by atoms with Gasteiger partial charge in [-0.05, 0) is 51.0 Å². The summed E-state index contributed by atoms with van der Waals surface area (Å²) in [5, 5.41) is 10.4. The second kappa shape index (κ2) is 7.55. The smallest absolute Gasteiger partial charge is 0.411 e. The lowest BCUT2D eigenvalue weighted by atomic mass is 9.80. The van der Waals surface area contributed by atoms with E-state index >= 15 is 0 Å². The topological polar surface area (TPSA) is 49.8 Å². The molecule has 4 nitrogen and oxygen atoms in total. The summed E-state index contributed by atoms with van der Waals surface area (Å²) in [6.45, 7) is 7.87. The quantitative estimate of drug-likeness (QED) is 0.780. The van der Waals surface area contributed by atoms with Gasteiger partial charge in [-0.25, -0.2) is 9.18 Å². The van der Waals surface area contributed by atoms with Crippen molar-refractivity contribution in [3.05, 3.63) is 71.0 Å². The van der Waals surface area contributed by atoms with Gasteiger partial charge in [0, 0.05) is 19.4 Å². The van der Waals surface area contributed by atoms with Crippen LogP contribution < -0.4 is 0 Å². The molecule has 1 N–H and O–H groups in total. The van der Waals surface area contributed by atoms with Gasteiger partial charge in [0.1, 0.15) is 11.4 Å². The number of ether oxygens (including phenoxy) is 1. The molecule has 2 atom stereocenters. The van der Waals surface area contributed by atoms with Gasteiger partial charge in [-0.1, -0.05) is 42.0 Å². The number of halogens is 1. The molecule has 2 aromatic rings. The molecule has 0 radical (unpaired) electrons. The summed E-state index contributed by atoms with van der Waals surface area (Å²) >= 11 is 0. The maximum Gasteiger partial charge on any atom is 0.411 e. The molecule has 0 spiro atoms. The Kier molecular flexibility index (Phi) is 5.48. The van der Waals surface area contributed by atoms with E-state index in [1.807, 2.05) is 38.1 Å². The SMILES string of the molecule is Cc1ccc([C@H](C)N2CC[C@](CC(C)(C)O)(c3ccc(F)cc3)OC2=O)cc1. The Labute approximate surface area is 165 Å². The van der Waals surface area contributed by atoms with Crippen molar-refractivity contribution in [3.8, 4) is 0 Å². The molecule has 3 rings (SSSR count). The molecule has 1 fully saturated rings. The summed E-state index contributed by atoms with van der Waals surface area (Å²) in [5.41, 5.74) is 0.885. The van der Waals surface area contributed by atoms with Crippen LogP contribution in [0.4, 0.5) is 9.18 Å².